The molecular weight excluding hydrogens is 288 g/mol. The van der Waals surface area contributed by atoms with E-state index in [0.29, 0.717) is 16.5 Å². The monoisotopic (exact) mass is 304 g/mol. The van der Waals surface area contributed by atoms with E-state index >= 15 is 0 Å². The molecule has 0 bridgehead atoms. The van der Waals surface area contributed by atoms with Crippen LogP contribution in [0.2, 0.25) is 5.02 Å². The summed E-state index contributed by atoms with van der Waals surface area (Å²) in [6.07, 6.45) is -0.622. The fourth-order valence-electron chi connectivity index (χ4n) is 1.83. The molecular formula is C16H17ClN2O2. The van der Waals surface area contributed by atoms with Crippen molar-refractivity contribution < 1.29 is 9.53 Å². The van der Waals surface area contributed by atoms with E-state index < -0.39 is 6.10 Å². The van der Waals surface area contributed by atoms with Gasteiger partial charge in [-0.2, -0.15) is 0 Å². The number of aryl methyl sites for hydroxylation is 1. The second-order valence-corrected chi connectivity index (χ2v) is 5.21. The number of hydrogen-bond acceptors (Lipinski definition) is 3. The average Bonchev–Trinajstić information content (AvgIpc) is 2.44. The molecule has 4 nitrogen and oxygen atoms in total. The Morgan fingerprint density at radius 3 is 2.52 bits per heavy atom. The summed E-state index contributed by atoms with van der Waals surface area (Å²) in [6, 6.07) is 12.2. The molecule has 2 rings (SSSR count). The lowest BCUT2D eigenvalue weighted by molar-refractivity contribution is -0.122. The van der Waals surface area contributed by atoms with Gasteiger partial charge in [0.2, 0.25) is 0 Å². The first-order valence-electron chi connectivity index (χ1n) is 6.55. The van der Waals surface area contributed by atoms with Crippen molar-refractivity contribution in [1.29, 1.82) is 0 Å². The molecule has 0 fully saturated rings. The fraction of sp³-hybridized carbons (Fsp3) is 0.188. The SMILES string of the molecule is Cc1cc(N)ccc1NC(=O)[C@H](C)Oc1ccc(Cl)cc1. The maximum Gasteiger partial charge on any atom is 0.265 e. The fourth-order valence-corrected chi connectivity index (χ4v) is 1.96. The van der Waals surface area contributed by atoms with Crippen LogP contribution in [0, 0.1) is 6.92 Å². The van der Waals surface area contributed by atoms with Gasteiger partial charge in [-0.15, -0.1) is 0 Å². The molecule has 0 saturated carbocycles. The Balaban J connectivity index is 2.00. The van der Waals surface area contributed by atoms with Gasteiger partial charge in [0.1, 0.15) is 5.75 Å². The van der Waals surface area contributed by atoms with E-state index in [0.717, 1.165) is 11.3 Å². The summed E-state index contributed by atoms with van der Waals surface area (Å²) >= 11 is 5.80. The average molecular weight is 305 g/mol. The van der Waals surface area contributed by atoms with Gasteiger partial charge in [0, 0.05) is 16.4 Å². The maximum absolute atomic E-state index is 12.1. The van der Waals surface area contributed by atoms with Crippen LogP contribution in [0.3, 0.4) is 0 Å². The molecule has 0 aromatic heterocycles. The van der Waals surface area contributed by atoms with Crippen LogP contribution in [-0.4, -0.2) is 12.0 Å². The Kier molecular flexibility index (Phi) is 4.70. The Morgan fingerprint density at radius 1 is 1.24 bits per heavy atom. The van der Waals surface area contributed by atoms with E-state index in [4.69, 9.17) is 22.1 Å². The quantitative estimate of drug-likeness (QED) is 0.848. The van der Waals surface area contributed by atoms with Crippen molar-refractivity contribution >= 4 is 28.9 Å². The highest BCUT2D eigenvalue weighted by molar-refractivity contribution is 6.30. The van der Waals surface area contributed by atoms with E-state index in [2.05, 4.69) is 5.32 Å². The molecule has 2 aromatic rings. The van der Waals surface area contributed by atoms with Gasteiger partial charge in [-0.1, -0.05) is 11.6 Å². The Labute approximate surface area is 128 Å². The summed E-state index contributed by atoms with van der Waals surface area (Å²) in [4.78, 5) is 12.1. The summed E-state index contributed by atoms with van der Waals surface area (Å²) in [5.41, 5.74) is 7.97. The van der Waals surface area contributed by atoms with Crippen LogP contribution in [0.25, 0.3) is 0 Å². The van der Waals surface area contributed by atoms with Gasteiger partial charge in [-0.25, -0.2) is 0 Å². The number of nitrogen functional groups attached to an aromatic ring is 1. The predicted octanol–water partition coefficient (Wildman–Crippen LogP) is 3.64. The van der Waals surface area contributed by atoms with Crippen molar-refractivity contribution in [2.45, 2.75) is 20.0 Å². The lowest BCUT2D eigenvalue weighted by atomic mass is 10.1. The number of nitrogens with one attached hydrogen (secondary N) is 1. The Morgan fingerprint density at radius 2 is 1.90 bits per heavy atom. The number of benzene rings is 2. The molecule has 0 radical (unpaired) electrons. The van der Waals surface area contributed by atoms with Crippen molar-refractivity contribution in [2.24, 2.45) is 0 Å². The number of amides is 1. The van der Waals surface area contributed by atoms with Crippen LogP contribution in [0.4, 0.5) is 11.4 Å². The van der Waals surface area contributed by atoms with Gasteiger partial charge in [0.05, 0.1) is 0 Å². The Bertz CT molecular complexity index is 641. The molecule has 21 heavy (non-hydrogen) atoms. The summed E-state index contributed by atoms with van der Waals surface area (Å²) in [6.45, 7) is 3.58. The first kappa shape index (κ1) is 15.2. The third-order valence-electron chi connectivity index (χ3n) is 3.00. The van der Waals surface area contributed by atoms with E-state index in [1.807, 2.05) is 6.92 Å². The van der Waals surface area contributed by atoms with Crippen LogP contribution >= 0.6 is 11.6 Å². The van der Waals surface area contributed by atoms with E-state index in [-0.39, 0.29) is 5.91 Å². The molecule has 0 aliphatic carbocycles. The zero-order valence-electron chi connectivity index (χ0n) is 11.9. The van der Waals surface area contributed by atoms with Crippen molar-refractivity contribution in [3.63, 3.8) is 0 Å². The highest BCUT2D eigenvalue weighted by Gasteiger charge is 2.15. The van der Waals surface area contributed by atoms with Gasteiger partial charge in [0.25, 0.3) is 5.91 Å². The molecule has 0 spiro atoms. The third kappa shape index (κ3) is 4.13. The van der Waals surface area contributed by atoms with Crippen LogP contribution in [0.5, 0.6) is 5.75 Å². The first-order chi connectivity index (χ1) is 9.95. The lowest BCUT2D eigenvalue weighted by Gasteiger charge is -2.16. The third-order valence-corrected chi connectivity index (χ3v) is 3.26. The standard InChI is InChI=1S/C16H17ClN2O2/c1-10-9-13(18)5-8-15(10)19-16(20)11(2)21-14-6-3-12(17)4-7-14/h3-9,11H,18H2,1-2H3,(H,19,20)/t11-/m0/s1. The minimum atomic E-state index is -0.622. The van der Waals surface area contributed by atoms with Gasteiger partial charge >= 0.3 is 0 Å². The number of ether oxygens (including phenoxy) is 1. The van der Waals surface area contributed by atoms with E-state index in [9.17, 15) is 4.79 Å². The van der Waals surface area contributed by atoms with Gasteiger partial charge in [-0.05, 0) is 61.9 Å². The molecule has 1 atom stereocenters. The molecule has 0 saturated heterocycles. The van der Waals surface area contributed by atoms with Crippen LogP contribution < -0.4 is 15.8 Å². The number of rotatable bonds is 4. The van der Waals surface area contributed by atoms with Crippen molar-refractivity contribution in [2.75, 3.05) is 11.1 Å². The zero-order chi connectivity index (χ0) is 15.4. The highest BCUT2D eigenvalue weighted by Crippen LogP contribution is 2.19. The van der Waals surface area contributed by atoms with Crippen LogP contribution in [-0.2, 0) is 4.79 Å². The van der Waals surface area contributed by atoms with Gasteiger partial charge in [-0.3, -0.25) is 4.79 Å². The second-order valence-electron chi connectivity index (χ2n) is 4.78. The number of carbonyl (C=O) groups excluding carboxylic acids is 1. The van der Waals surface area contributed by atoms with E-state index in [1.165, 1.54) is 0 Å². The summed E-state index contributed by atoms with van der Waals surface area (Å²) in [5, 5.41) is 3.45. The zero-order valence-corrected chi connectivity index (χ0v) is 12.6. The molecule has 1 amide bonds. The number of hydrogen-bond donors (Lipinski definition) is 2. The Hall–Kier alpha value is -2.20. The smallest absolute Gasteiger partial charge is 0.265 e. The van der Waals surface area contributed by atoms with Crippen molar-refractivity contribution in [3.8, 4) is 5.75 Å². The molecule has 0 aliphatic heterocycles. The predicted molar refractivity (Wildman–Crippen MR) is 85.8 cm³/mol. The summed E-state index contributed by atoms with van der Waals surface area (Å²) < 4.78 is 5.57. The molecule has 110 valence electrons. The second kappa shape index (κ2) is 6.50. The topological polar surface area (TPSA) is 64.3 Å². The molecule has 2 aromatic carbocycles. The highest BCUT2D eigenvalue weighted by atomic mass is 35.5. The molecule has 0 unspecified atom stereocenters. The lowest BCUT2D eigenvalue weighted by Crippen LogP contribution is -2.30. The molecule has 5 heteroatoms. The molecule has 3 N–H and O–H groups in total. The summed E-state index contributed by atoms with van der Waals surface area (Å²) in [7, 11) is 0. The molecule has 0 aliphatic rings. The number of anilines is 2. The van der Waals surface area contributed by atoms with Crippen molar-refractivity contribution in [1.82, 2.24) is 0 Å². The van der Waals surface area contributed by atoms with Gasteiger partial charge in [0.15, 0.2) is 6.10 Å². The largest absolute Gasteiger partial charge is 0.481 e. The van der Waals surface area contributed by atoms with Crippen molar-refractivity contribution in [3.05, 3.63) is 53.1 Å². The van der Waals surface area contributed by atoms with Gasteiger partial charge < -0.3 is 15.8 Å². The number of halogens is 1. The van der Waals surface area contributed by atoms with E-state index in [1.54, 1.807) is 49.4 Å². The normalized spacial score (nSPS) is 11.8. The minimum Gasteiger partial charge on any atom is -0.481 e. The van der Waals surface area contributed by atoms with Crippen LogP contribution in [0.1, 0.15) is 12.5 Å². The summed E-state index contributed by atoms with van der Waals surface area (Å²) in [5.74, 6) is 0.369. The first-order valence-corrected chi connectivity index (χ1v) is 6.92. The minimum absolute atomic E-state index is 0.224. The number of carbonyl (C=O) groups is 1. The van der Waals surface area contributed by atoms with Crippen LogP contribution in [0.15, 0.2) is 42.5 Å². The number of nitrogens with two attached hydrogens (primary N) is 1. The maximum atomic E-state index is 12.1. The molecule has 0 heterocycles.